The van der Waals surface area contributed by atoms with E-state index < -0.39 is 34.2 Å². The average Bonchev–Trinajstić information content (AvgIpc) is 3.31. The number of benzene rings is 3. The first kappa shape index (κ1) is 31.4. The Morgan fingerprint density at radius 3 is 2.38 bits per heavy atom. The Hall–Kier alpha value is -3.57. The van der Waals surface area contributed by atoms with Crippen LogP contribution in [0.4, 0.5) is 0 Å². The maximum absolute atomic E-state index is 13.5. The highest BCUT2D eigenvalue weighted by molar-refractivity contribution is 7.89. The van der Waals surface area contributed by atoms with E-state index in [9.17, 15) is 28.2 Å². The summed E-state index contributed by atoms with van der Waals surface area (Å²) in [6.07, 6.45) is 0.685. The van der Waals surface area contributed by atoms with Crippen LogP contribution in [0, 0.1) is 5.92 Å². The summed E-state index contributed by atoms with van der Waals surface area (Å²) < 4.78 is 28.2. The highest BCUT2D eigenvalue weighted by Crippen LogP contribution is 2.32. The molecule has 5 N–H and O–H groups in total. The lowest BCUT2D eigenvalue weighted by atomic mass is 9.92. The van der Waals surface area contributed by atoms with Crippen LogP contribution in [0.3, 0.4) is 0 Å². The second-order valence-electron chi connectivity index (χ2n) is 10.7. The van der Waals surface area contributed by atoms with Crippen molar-refractivity contribution in [2.45, 2.75) is 62.2 Å². The van der Waals surface area contributed by atoms with E-state index in [1.807, 2.05) is 61.5 Å². The van der Waals surface area contributed by atoms with Gasteiger partial charge in [-0.05, 0) is 60.2 Å². The minimum atomic E-state index is -3.97. The fourth-order valence-corrected chi connectivity index (χ4v) is 6.24. The van der Waals surface area contributed by atoms with Gasteiger partial charge in [0.1, 0.15) is 0 Å². The molecule has 2 amide bonds. The van der Waals surface area contributed by atoms with Gasteiger partial charge >= 0.3 is 0 Å². The number of fused-ring (bicyclic) bond motifs is 1. The first-order valence-corrected chi connectivity index (χ1v) is 15.8. The number of amides is 2. The molecule has 4 rings (SSSR count). The van der Waals surface area contributed by atoms with Crippen LogP contribution in [-0.2, 0) is 27.7 Å². The number of hydrogen-bond donors (Lipinski definition) is 5. The number of carbonyl (C=O) groups is 2. The Kier molecular flexibility index (Phi) is 10.9. The van der Waals surface area contributed by atoms with Crippen molar-refractivity contribution in [3.05, 3.63) is 101 Å². The van der Waals surface area contributed by atoms with E-state index in [0.717, 1.165) is 29.5 Å². The summed E-state index contributed by atoms with van der Waals surface area (Å²) in [6, 6.07) is 22.0. The number of nitrogens with one attached hydrogen (secondary N) is 3. The first-order chi connectivity index (χ1) is 20.2. The number of unbranched alkanes of at least 4 members (excludes halogenated alkanes) is 1. The molecule has 0 aromatic heterocycles. The second kappa shape index (κ2) is 14.6. The zero-order valence-corrected chi connectivity index (χ0v) is 24.5. The Morgan fingerprint density at radius 2 is 1.67 bits per heavy atom. The van der Waals surface area contributed by atoms with Crippen molar-refractivity contribution in [3.8, 4) is 0 Å². The standard InChI is InChI=1S/C32H39N3O6S/c1-2-3-17-33-31(38)23-13-15-27(16-14-23)42(40,41)34-21-26(36)19-25(18-22-9-5-4-6-10-22)32(39)35-30-28-12-8-7-11-24(28)20-29(30)37/h4-16,25-26,29-30,34,36-37H,2-3,17-21H2,1H3,(H,33,38)(H,35,39)/t25-,26+,29-,30+/m1/s1. The number of aliphatic hydroxyl groups is 2. The molecule has 0 aliphatic heterocycles. The van der Waals surface area contributed by atoms with Gasteiger partial charge in [0.05, 0.1) is 23.1 Å². The molecule has 0 unspecified atom stereocenters. The molecule has 3 aromatic rings. The molecule has 3 aromatic carbocycles. The minimum Gasteiger partial charge on any atom is -0.392 e. The highest BCUT2D eigenvalue weighted by atomic mass is 32.2. The van der Waals surface area contributed by atoms with Crippen molar-refractivity contribution in [3.63, 3.8) is 0 Å². The van der Waals surface area contributed by atoms with Crippen LogP contribution in [0.25, 0.3) is 0 Å². The lowest BCUT2D eigenvalue weighted by molar-refractivity contribution is -0.127. The van der Waals surface area contributed by atoms with Crippen LogP contribution in [0.2, 0.25) is 0 Å². The zero-order chi connectivity index (χ0) is 30.1. The molecule has 1 aliphatic carbocycles. The van der Waals surface area contributed by atoms with Gasteiger partial charge < -0.3 is 20.8 Å². The van der Waals surface area contributed by atoms with E-state index in [2.05, 4.69) is 15.4 Å². The molecule has 0 heterocycles. The lowest BCUT2D eigenvalue weighted by Crippen LogP contribution is -2.41. The number of sulfonamides is 1. The zero-order valence-electron chi connectivity index (χ0n) is 23.7. The van der Waals surface area contributed by atoms with Gasteiger partial charge in [-0.15, -0.1) is 0 Å². The van der Waals surface area contributed by atoms with Crippen LogP contribution < -0.4 is 15.4 Å². The SMILES string of the molecule is CCCCNC(=O)c1ccc(S(=O)(=O)NC[C@@H](O)C[C@@H](Cc2ccccc2)C(=O)N[C@H]2c3ccccc3C[C@H]2O)cc1. The van der Waals surface area contributed by atoms with E-state index in [4.69, 9.17) is 0 Å². The summed E-state index contributed by atoms with van der Waals surface area (Å²) >= 11 is 0. The van der Waals surface area contributed by atoms with Crippen molar-refractivity contribution >= 4 is 21.8 Å². The third-order valence-electron chi connectivity index (χ3n) is 7.51. The van der Waals surface area contributed by atoms with E-state index in [1.165, 1.54) is 24.3 Å². The topological polar surface area (TPSA) is 145 Å². The van der Waals surface area contributed by atoms with Gasteiger partial charge in [0.2, 0.25) is 15.9 Å². The van der Waals surface area contributed by atoms with E-state index >= 15 is 0 Å². The smallest absolute Gasteiger partial charge is 0.251 e. The Balaban J connectivity index is 1.39. The van der Waals surface area contributed by atoms with Crippen molar-refractivity contribution in [1.29, 1.82) is 0 Å². The number of carbonyl (C=O) groups excluding carboxylic acids is 2. The molecule has 42 heavy (non-hydrogen) atoms. The third kappa shape index (κ3) is 8.25. The van der Waals surface area contributed by atoms with E-state index in [-0.39, 0.29) is 29.7 Å². The first-order valence-electron chi connectivity index (χ1n) is 14.3. The maximum Gasteiger partial charge on any atom is 0.251 e. The van der Waals surface area contributed by atoms with Gasteiger partial charge in [0.15, 0.2) is 0 Å². The van der Waals surface area contributed by atoms with Crippen LogP contribution in [0.15, 0.2) is 83.8 Å². The predicted molar refractivity (Wildman–Crippen MR) is 160 cm³/mol. The quantitative estimate of drug-likeness (QED) is 0.182. The molecular formula is C32H39N3O6S. The summed E-state index contributed by atoms with van der Waals surface area (Å²) in [5.74, 6) is -1.26. The summed E-state index contributed by atoms with van der Waals surface area (Å²) in [7, 11) is -3.97. The van der Waals surface area contributed by atoms with Crippen LogP contribution >= 0.6 is 0 Å². The maximum atomic E-state index is 13.5. The average molecular weight is 594 g/mol. The largest absolute Gasteiger partial charge is 0.392 e. The number of rotatable bonds is 14. The van der Waals surface area contributed by atoms with Gasteiger partial charge in [-0.3, -0.25) is 9.59 Å². The Labute approximate surface area is 247 Å². The molecular weight excluding hydrogens is 554 g/mol. The lowest BCUT2D eigenvalue weighted by Gasteiger charge is -2.24. The number of hydrogen-bond acceptors (Lipinski definition) is 6. The van der Waals surface area contributed by atoms with Crippen molar-refractivity contribution in [2.24, 2.45) is 5.92 Å². The van der Waals surface area contributed by atoms with Gasteiger partial charge in [-0.1, -0.05) is 67.9 Å². The van der Waals surface area contributed by atoms with E-state index in [0.29, 0.717) is 24.9 Å². The molecule has 0 saturated carbocycles. The molecule has 0 bridgehead atoms. The predicted octanol–water partition coefficient (Wildman–Crippen LogP) is 2.88. The molecule has 1 aliphatic rings. The van der Waals surface area contributed by atoms with Gasteiger partial charge in [0.25, 0.3) is 5.91 Å². The molecule has 0 radical (unpaired) electrons. The molecule has 224 valence electrons. The molecule has 0 fully saturated rings. The highest BCUT2D eigenvalue weighted by Gasteiger charge is 2.34. The summed E-state index contributed by atoms with van der Waals surface area (Å²) in [5, 5.41) is 27.2. The normalized spacial score (nSPS) is 17.7. The van der Waals surface area contributed by atoms with Gasteiger partial charge in [0, 0.05) is 31.0 Å². The summed E-state index contributed by atoms with van der Waals surface area (Å²) in [5.41, 5.74) is 3.11. The van der Waals surface area contributed by atoms with E-state index in [1.54, 1.807) is 0 Å². The Morgan fingerprint density at radius 1 is 0.976 bits per heavy atom. The van der Waals surface area contributed by atoms with Gasteiger partial charge in [-0.25, -0.2) is 13.1 Å². The minimum absolute atomic E-state index is 0.00454. The van der Waals surface area contributed by atoms with Crippen LogP contribution in [0.5, 0.6) is 0 Å². The summed E-state index contributed by atoms with van der Waals surface area (Å²) in [4.78, 5) is 25.7. The third-order valence-corrected chi connectivity index (χ3v) is 8.95. The van der Waals surface area contributed by atoms with Crippen LogP contribution in [-0.4, -0.2) is 55.7 Å². The van der Waals surface area contributed by atoms with Crippen molar-refractivity contribution < 1.29 is 28.2 Å². The monoisotopic (exact) mass is 593 g/mol. The molecule has 4 atom stereocenters. The molecule has 10 heteroatoms. The summed E-state index contributed by atoms with van der Waals surface area (Å²) in [6.45, 7) is 2.27. The number of aliphatic hydroxyl groups excluding tert-OH is 2. The van der Waals surface area contributed by atoms with Crippen LogP contribution in [0.1, 0.15) is 59.3 Å². The fraction of sp³-hybridized carbons (Fsp3) is 0.375. The van der Waals surface area contributed by atoms with Gasteiger partial charge in [-0.2, -0.15) is 0 Å². The van der Waals surface area contributed by atoms with Crippen molar-refractivity contribution in [1.82, 2.24) is 15.4 Å². The molecule has 9 nitrogen and oxygen atoms in total. The molecule has 0 saturated heterocycles. The molecule has 0 spiro atoms. The Bertz CT molecular complexity index is 1450. The van der Waals surface area contributed by atoms with Crippen molar-refractivity contribution in [2.75, 3.05) is 13.1 Å². The second-order valence-corrected chi connectivity index (χ2v) is 12.5. The fourth-order valence-electron chi connectivity index (χ4n) is 5.17.